The standard InChI is InChI=1S/C20H25N3O5/c1-13(2)14-3-5-15(6-4-14)18-21-17(28-23-18)8-7-16(24)22-20(19(25)26)9-11-27-12-10-20/h3-6,13H,7-12H2,1-2H3,(H,22,24)(H,25,26). The Kier molecular flexibility index (Phi) is 6.08. The first-order valence-corrected chi connectivity index (χ1v) is 9.45. The Morgan fingerprint density at radius 2 is 1.89 bits per heavy atom. The first kappa shape index (κ1) is 20.0. The predicted octanol–water partition coefficient (Wildman–Crippen LogP) is 2.54. The highest BCUT2D eigenvalue weighted by molar-refractivity contribution is 5.87. The van der Waals surface area contributed by atoms with Gasteiger partial charge < -0.3 is 19.7 Å². The van der Waals surface area contributed by atoms with Crippen molar-refractivity contribution in [3.8, 4) is 11.4 Å². The van der Waals surface area contributed by atoms with E-state index < -0.39 is 11.5 Å². The number of hydrogen-bond donors (Lipinski definition) is 2. The van der Waals surface area contributed by atoms with Crippen LogP contribution in [0, 0.1) is 0 Å². The van der Waals surface area contributed by atoms with E-state index in [1.807, 2.05) is 24.3 Å². The number of carbonyl (C=O) groups is 2. The lowest BCUT2D eigenvalue weighted by Gasteiger charge is -2.33. The second-order valence-electron chi connectivity index (χ2n) is 7.34. The molecule has 28 heavy (non-hydrogen) atoms. The van der Waals surface area contributed by atoms with Gasteiger partial charge in [0, 0.05) is 44.5 Å². The van der Waals surface area contributed by atoms with E-state index in [4.69, 9.17) is 9.26 Å². The van der Waals surface area contributed by atoms with E-state index in [-0.39, 0.29) is 31.6 Å². The number of aryl methyl sites for hydroxylation is 1. The minimum absolute atomic E-state index is 0.0732. The molecular formula is C20H25N3O5. The van der Waals surface area contributed by atoms with E-state index in [1.54, 1.807) is 0 Å². The van der Waals surface area contributed by atoms with Gasteiger partial charge in [0.2, 0.25) is 17.6 Å². The third-order valence-corrected chi connectivity index (χ3v) is 5.00. The summed E-state index contributed by atoms with van der Waals surface area (Å²) in [5, 5.41) is 16.1. The number of carboxylic acid groups (broad SMARTS) is 1. The molecule has 8 heteroatoms. The van der Waals surface area contributed by atoms with Crippen LogP contribution in [0.3, 0.4) is 0 Å². The Hall–Kier alpha value is -2.74. The molecule has 2 N–H and O–H groups in total. The Labute approximate surface area is 163 Å². The fourth-order valence-electron chi connectivity index (χ4n) is 3.15. The minimum Gasteiger partial charge on any atom is -0.480 e. The SMILES string of the molecule is CC(C)c1ccc(-c2noc(CCC(=O)NC3(C(=O)O)CCOCC3)n2)cc1. The summed E-state index contributed by atoms with van der Waals surface area (Å²) in [6.45, 7) is 4.88. The first-order valence-electron chi connectivity index (χ1n) is 9.45. The van der Waals surface area contributed by atoms with Crippen molar-refractivity contribution in [2.45, 2.75) is 51.0 Å². The van der Waals surface area contributed by atoms with Crippen molar-refractivity contribution < 1.29 is 24.0 Å². The summed E-state index contributed by atoms with van der Waals surface area (Å²) in [4.78, 5) is 28.2. The van der Waals surface area contributed by atoms with Gasteiger partial charge >= 0.3 is 5.97 Å². The number of hydrogen-bond acceptors (Lipinski definition) is 6. The average molecular weight is 387 g/mol. The summed E-state index contributed by atoms with van der Waals surface area (Å²) in [5.41, 5.74) is 0.813. The van der Waals surface area contributed by atoms with E-state index in [2.05, 4.69) is 29.3 Å². The third kappa shape index (κ3) is 4.56. The van der Waals surface area contributed by atoms with Gasteiger partial charge in [-0.25, -0.2) is 4.79 Å². The number of rotatable bonds is 7. The Morgan fingerprint density at radius 3 is 2.50 bits per heavy atom. The monoisotopic (exact) mass is 387 g/mol. The lowest BCUT2D eigenvalue weighted by atomic mass is 9.90. The van der Waals surface area contributed by atoms with Crippen molar-refractivity contribution in [1.29, 1.82) is 0 Å². The second kappa shape index (κ2) is 8.52. The molecule has 150 valence electrons. The molecule has 1 saturated heterocycles. The van der Waals surface area contributed by atoms with E-state index in [1.165, 1.54) is 5.56 Å². The zero-order valence-corrected chi connectivity index (χ0v) is 16.1. The Balaban J connectivity index is 1.58. The lowest BCUT2D eigenvalue weighted by molar-refractivity contribution is -0.152. The molecule has 2 aromatic rings. The molecule has 3 rings (SSSR count). The van der Waals surface area contributed by atoms with Crippen LogP contribution in [0.25, 0.3) is 11.4 Å². The number of ether oxygens (including phenoxy) is 1. The highest BCUT2D eigenvalue weighted by atomic mass is 16.5. The van der Waals surface area contributed by atoms with Crippen LogP contribution < -0.4 is 5.32 Å². The third-order valence-electron chi connectivity index (χ3n) is 5.00. The van der Waals surface area contributed by atoms with Crippen LogP contribution in [0.2, 0.25) is 0 Å². The zero-order valence-electron chi connectivity index (χ0n) is 16.1. The number of benzene rings is 1. The van der Waals surface area contributed by atoms with E-state index in [0.717, 1.165) is 5.56 Å². The minimum atomic E-state index is -1.26. The molecule has 0 bridgehead atoms. The molecular weight excluding hydrogens is 362 g/mol. The van der Waals surface area contributed by atoms with Crippen LogP contribution in [0.4, 0.5) is 0 Å². The summed E-state index contributed by atoms with van der Waals surface area (Å²) >= 11 is 0. The van der Waals surface area contributed by atoms with Gasteiger partial charge in [-0.1, -0.05) is 43.3 Å². The molecule has 1 aliphatic heterocycles. The molecule has 0 radical (unpaired) electrons. The lowest BCUT2D eigenvalue weighted by Crippen LogP contribution is -2.57. The van der Waals surface area contributed by atoms with Crippen molar-refractivity contribution >= 4 is 11.9 Å². The van der Waals surface area contributed by atoms with E-state index >= 15 is 0 Å². The smallest absolute Gasteiger partial charge is 0.329 e. The normalized spacial score (nSPS) is 16.1. The predicted molar refractivity (Wildman–Crippen MR) is 101 cm³/mol. The van der Waals surface area contributed by atoms with Crippen molar-refractivity contribution in [3.63, 3.8) is 0 Å². The van der Waals surface area contributed by atoms with Crippen LogP contribution >= 0.6 is 0 Å². The summed E-state index contributed by atoms with van der Waals surface area (Å²) in [5.74, 6) is -0.135. The molecule has 0 spiro atoms. The number of amides is 1. The van der Waals surface area contributed by atoms with Crippen molar-refractivity contribution in [3.05, 3.63) is 35.7 Å². The number of nitrogens with zero attached hydrogens (tertiary/aromatic N) is 2. The van der Waals surface area contributed by atoms with Crippen LogP contribution in [0.1, 0.15) is 50.5 Å². The summed E-state index contributed by atoms with van der Waals surface area (Å²) in [6, 6.07) is 7.95. The molecule has 1 amide bonds. The van der Waals surface area contributed by atoms with Crippen LogP contribution in [-0.4, -0.2) is 45.9 Å². The quantitative estimate of drug-likeness (QED) is 0.750. The Morgan fingerprint density at radius 1 is 1.21 bits per heavy atom. The van der Waals surface area contributed by atoms with Gasteiger partial charge in [-0.15, -0.1) is 0 Å². The largest absolute Gasteiger partial charge is 0.480 e. The molecule has 1 aromatic carbocycles. The van der Waals surface area contributed by atoms with Gasteiger partial charge in [0.25, 0.3) is 0 Å². The molecule has 2 heterocycles. The highest BCUT2D eigenvalue weighted by Gasteiger charge is 2.41. The van der Waals surface area contributed by atoms with Crippen LogP contribution in [0.5, 0.6) is 0 Å². The number of aromatic nitrogens is 2. The summed E-state index contributed by atoms with van der Waals surface area (Å²) in [6.07, 6.45) is 0.829. The van der Waals surface area contributed by atoms with Gasteiger partial charge in [-0.3, -0.25) is 4.79 Å². The first-order chi connectivity index (χ1) is 13.4. The van der Waals surface area contributed by atoms with Crippen LogP contribution in [0.15, 0.2) is 28.8 Å². The Bertz CT molecular complexity index is 823. The van der Waals surface area contributed by atoms with Crippen molar-refractivity contribution in [1.82, 2.24) is 15.5 Å². The number of aliphatic carboxylic acids is 1. The molecule has 0 unspecified atom stereocenters. The number of carbonyl (C=O) groups excluding carboxylic acids is 1. The van der Waals surface area contributed by atoms with Gasteiger partial charge in [0.1, 0.15) is 5.54 Å². The van der Waals surface area contributed by atoms with Crippen LogP contribution in [-0.2, 0) is 20.7 Å². The molecule has 0 atom stereocenters. The highest BCUT2D eigenvalue weighted by Crippen LogP contribution is 2.22. The van der Waals surface area contributed by atoms with Crippen molar-refractivity contribution in [2.75, 3.05) is 13.2 Å². The average Bonchev–Trinajstić information content (AvgIpc) is 3.16. The number of nitrogens with one attached hydrogen (secondary N) is 1. The molecule has 0 aliphatic carbocycles. The fraction of sp³-hybridized carbons (Fsp3) is 0.500. The fourth-order valence-corrected chi connectivity index (χ4v) is 3.15. The van der Waals surface area contributed by atoms with Gasteiger partial charge in [0.05, 0.1) is 0 Å². The molecule has 1 aliphatic rings. The topological polar surface area (TPSA) is 115 Å². The number of carboxylic acids is 1. The molecule has 1 fully saturated rings. The maximum atomic E-state index is 12.3. The summed E-state index contributed by atoms with van der Waals surface area (Å²) < 4.78 is 10.4. The summed E-state index contributed by atoms with van der Waals surface area (Å²) in [7, 11) is 0. The van der Waals surface area contributed by atoms with E-state index in [0.29, 0.717) is 30.8 Å². The van der Waals surface area contributed by atoms with Gasteiger partial charge in [0.15, 0.2) is 0 Å². The van der Waals surface area contributed by atoms with Crippen molar-refractivity contribution in [2.24, 2.45) is 0 Å². The second-order valence-corrected chi connectivity index (χ2v) is 7.34. The molecule has 8 nitrogen and oxygen atoms in total. The van der Waals surface area contributed by atoms with Gasteiger partial charge in [-0.2, -0.15) is 4.98 Å². The molecule has 1 aromatic heterocycles. The van der Waals surface area contributed by atoms with Gasteiger partial charge in [-0.05, 0) is 11.5 Å². The maximum absolute atomic E-state index is 12.3. The van der Waals surface area contributed by atoms with E-state index in [9.17, 15) is 14.7 Å². The zero-order chi connectivity index (χ0) is 20.1. The maximum Gasteiger partial charge on any atom is 0.329 e. The molecule has 0 saturated carbocycles.